The van der Waals surface area contributed by atoms with Crippen LogP contribution in [0.4, 0.5) is 0 Å². The van der Waals surface area contributed by atoms with Crippen LogP contribution in [0.2, 0.25) is 0 Å². The van der Waals surface area contributed by atoms with Gasteiger partial charge in [-0.1, -0.05) is 18.2 Å². The molecule has 1 atom stereocenters. The average Bonchev–Trinajstić information content (AvgIpc) is 3.36. The van der Waals surface area contributed by atoms with Crippen LogP contribution in [0.15, 0.2) is 52.4 Å². The van der Waals surface area contributed by atoms with Gasteiger partial charge in [-0.25, -0.2) is 8.42 Å². The van der Waals surface area contributed by atoms with Crippen molar-refractivity contribution in [3.63, 3.8) is 0 Å². The fraction of sp³-hybridized carbons (Fsp3) is 0.364. The molecule has 3 aliphatic heterocycles. The number of amidine groups is 1. The van der Waals surface area contributed by atoms with E-state index in [0.717, 1.165) is 36.7 Å². The van der Waals surface area contributed by atoms with Crippen LogP contribution in [0.25, 0.3) is 0 Å². The minimum atomic E-state index is -3.62. The molecule has 168 valence electrons. The summed E-state index contributed by atoms with van der Waals surface area (Å²) in [5.41, 5.74) is 1.64. The number of amides is 1. The highest BCUT2D eigenvalue weighted by molar-refractivity contribution is 7.90. The number of carbonyl (C=O) groups excluding carboxylic acids is 1. The Kier molecular flexibility index (Phi) is 5.26. The Hall–Kier alpha value is -3.11. The van der Waals surface area contributed by atoms with Gasteiger partial charge in [0.1, 0.15) is 11.9 Å². The molecule has 3 heterocycles. The topological polar surface area (TPSA) is 101 Å². The van der Waals surface area contributed by atoms with Gasteiger partial charge in [0.2, 0.25) is 12.7 Å². The van der Waals surface area contributed by atoms with Gasteiger partial charge in [0.05, 0.1) is 4.90 Å². The van der Waals surface area contributed by atoms with Gasteiger partial charge >= 0.3 is 0 Å². The van der Waals surface area contributed by atoms with E-state index in [1.165, 1.54) is 6.07 Å². The molecule has 1 fully saturated rings. The minimum Gasteiger partial charge on any atom is -0.454 e. The molecule has 1 amide bonds. The molecule has 5 rings (SSSR count). The lowest BCUT2D eigenvalue weighted by Crippen LogP contribution is -2.50. The minimum absolute atomic E-state index is 0.108. The van der Waals surface area contributed by atoms with Gasteiger partial charge in [0.25, 0.3) is 10.0 Å². The SMILES string of the molecule is C[C@H](N=C1NS(=O)(=O)c2ccccc21)C(=O)N1CCN(Cc2ccc3c(c2)OCO3)CC1. The second-order valence-electron chi connectivity index (χ2n) is 8.04. The highest BCUT2D eigenvalue weighted by Gasteiger charge is 2.32. The summed E-state index contributed by atoms with van der Waals surface area (Å²) < 4.78 is 37.8. The van der Waals surface area contributed by atoms with Crippen LogP contribution in [0.3, 0.4) is 0 Å². The Morgan fingerprint density at radius 3 is 2.66 bits per heavy atom. The molecule has 0 saturated carbocycles. The maximum absolute atomic E-state index is 12.9. The van der Waals surface area contributed by atoms with Gasteiger partial charge in [-0.2, -0.15) is 0 Å². The quantitative estimate of drug-likeness (QED) is 0.742. The first-order chi connectivity index (χ1) is 15.4. The highest BCUT2D eigenvalue weighted by Crippen LogP contribution is 2.33. The van der Waals surface area contributed by atoms with Crippen LogP contribution in [-0.4, -0.2) is 69.0 Å². The zero-order valence-electron chi connectivity index (χ0n) is 17.7. The third-order valence-corrected chi connectivity index (χ3v) is 7.27. The molecule has 2 aromatic rings. The normalized spacial score (nSPS) is 21.3. The second-order valence-corrected chi connectivity index (χ2v) is 9.70. The predicted octanol–water partition coefficient (Wildman–Crippen LogP) is 1.19. The van der Waals surface area contributed by atoms with Crippen LogP contribution in [0.1, 0.15) is 18.1 Å². The third kappa shape index (κ3) is 3.91. The van der Waals surface area contributed by atoms with Crippen molar-refractivity contribution in [3.8, 4) is 11.5 Å². The van der Waals surface area contributed by atoms with Crippen molar-refractivity contribution < 1.29 is 22.7 Å². The van der Waals surface area contributed by atoms with Crippen molar-refractivity contribution >= 4 is 21.8 Å². The van der Waals surface area contributed by atoms with Crippen LogP contribution in [0.5, 0.6) is 11.5 Å². The summed E-state index contributed by atoms with van der Waals surface area (Å²) in [6.07, 6.45) is 0. The summed E-state index contributed by atoms with van der Waals surface area (Å²) in [6.45, 7) is 5.42. The number of hydrogen-bond donors (Lipinski definition) is 1. The number of ether oxygens (including phenoxy) is 2. The molecule has 9 nitrogen and oxygen atoms in total. The van der Waals surface area contributed by atoms with Gasteiger partial charge in [0, 0.05) is 38.3 Å². The van der Waals surface area contributed by atoms with E-state index in [1.54, 1.807) is 30.0 Å². The summed E-state index contributed by atoms with van der Waals surface area (Å²) >= 11 is 0. The van der Waals surface area contributed by atoms with E-state index >= 15 is 0 Å². The lowest BCUT2D eigenvalue weighted by Gasteiger charge is -2.35. The van der Waals surface area contributed by atoms with Crippen molar-refractivity contribution in [2.45, 2.75) is 24.4 Å². The number of hydrogen-bond acceptors (Lipinski definition) is 7. The molecule has 2 aromatic carbocycles. The van der Waals surface area contributed by atoms with E-state index in [4.69, 9.17) is 9.47 Å². The number of nitrogens with one attached hydrogen (secondary N) is 1. The fourth-order valence-electron chi connectivity index (χ4n) is 4.17. The predicted molar refractivity (Wildman–Crippen MR) is 117 cm³/mol. The Balaban J connectivity index is 1.20. The molecule has 0 aromatic heterocycles. The summed E-state index contributed by atoms with van der Waals surface area (Å²) in [5.74, 6) is 1.66. The number of benzene rings is 2. The summed E-state index contributed by atoms with van der Waals surface area (Å²) in [7, 11) is -3.62. The van der Waals surface area contributed by atoms with E-state index in [9.17, 15) is 13.2 Å². The van der Waals surface area contributed by atoms with Gasteiger partial charge in [-0.05, 0) is 36.8 Å². The van der Waals surface area contributed by atoms with Crippen molar-refractivity contribution in [1.29, 1.82) is 0 Å². The first-order valence-electron chi connectivity index (χ1n) is 10.5. The molecular weight excluding hydrogens is 432 g/mol. The molecule has 0 radical (unpaired) electrons. The van der Waals surface area contributed by atoms with Crippen LogP contribution < -0.4 is 14.2 Å². The van der Waals surface area contributed by atoms with E-state index in [-0.39, 0.29) is 23.4 Å². The maximum atomic E-state index is 12.9. The van der Waals surface area contributed by atoms with Crippen molar-refractivity contribution in [3.05, 3.63) is 53.6 Å². The van der Waals surface area contributed by atoms with Gasteiger partial charge in [0.15, 0.2) is 11.5 Å². The lowest BCUT2D eigenvalue weighted by molar-refractivity contribution is -0.133. The highest BCUT2D eigenvalue weighted by atomic mass is 32.2. The number of rotatable bonds is 4. The monoisotopic (exact) mass is 456 g/mol. The van der Waals surface area contributed by atoms with E-state index in [1.807, 2.05) is 18.2 Å². The number of fused-ring (bicyclic) bond motifs is 2. The number of sulfonamides is 1. The third-order valence-electron chi connectivity index (χ3n) is 5.87. The van der Waals surface area contributed by atoms with Crippen LogP contribution >= 0.6 is 0 Å². The standard InChI is InChI=1S/C22H24N4O5S/c1-15(23-21-17-4-2-3-5-20(17)32(28,29)24-21)22(27)26-10-8-25(9-11-26)13-16-6-7-18-19(12-16)31-14-30-18/h2-7,12,15H,8-11,13-14H2,1H3,(H,23,24)/t15-/m0/s1. The Morgan fingerprint density at radius 1 is 1.09 bits per heavy atom. The summed E-state index contributed by atoms with van der Waals surface area (Å²) in [5, 5.41) is 0. The molecule has 1 saturated heterocycles. The average molecular weight is 457 g/mol. The largest absolute Gasteiger partial charge is 0.454 e. The Labute approximate surface area is 186 Å². The maximum Gasteiger partial charge on any atom is 0.263 e. The fourth-order valence-corrected chi connectivity index (χ4v) is 5.41. The molecule has 32 heavy (non-hydrogen) atoms. The van der Waals surface area contributed by atoms with Gasteiger partial charge < -0.3 is 14.4 Å². The van der Waals surface area contributed by atoms with Gasteiger partial charge in [-0.3, -0.25) is 19.4 Å². The Bertz CT molecular complexity index is 1190. The number of aliphatic imine (C=N–C) groups is 1. The van der Waals surface area contributed by atoms with E-state index in [0.29, 0.717) is 18.7 Å². The molecule has 0 bridgehead atoms. The van der Waals surface area contributed by atoms with Crippen molar-refractivity contribution in [2.24, 2.45) is 4.99 Å². The molecule has 0 aliphatic carbocycles. The van der Waals surface area contributed by atoms with Crippen molar-refractivity contribution in [1.82, 2.24) is 14.5 Å². The van der Waals surface area contributed by atoms with E-state index < -0.39 is 16.1 Å². The summed E-state index contributed by atoms with van der Waals surface area (Å²) in [6, 6.07) is 11.9. The van der Waals surface area contributed by atoms with Crippen LogP contribution in [-0.2, 0) is 21.4 Å². The number of carbonyl (C=O) groups is 1. The molecule has 0 spiro atoms. The lowest BCUT2D eigenvalue weighted by atomic mass is 10.1. The first-order valence-corrected chi connectivity index (χ1v) is 12.0. The molecular formula is C22H24N4O5S. The number of piperazine rings is 1. The van der Waals surface area contributed by atoms with Crippen molar-refractivity contribution in [2.75, 3.05) is 33.0 Å². The first kappa shape index (κ1) is 20.8. The van der Waals surface area contributed by atoms with Crippen LogP contribution in [0, 0.1) is 0 Å². The zero-order valence-corrected chi connectivity index (χ0v) is 18.5. The molecule has 0 unspecified atom stereocenters. The smallest absolute Gasteiger partial charge is 0.263 e. The summed E-state index contributed by atoms with van der Waals surface area (Å²) in [4.78, 5) is 21.6. The molecule has 10 heteroatoms. The zero-order chi connectivity index (χ0) is 22.3. The number of nitrogens with zero attached hydrogens (tertiary/aromatic N) is 3. The van der Waals surface area contributed by atoms with Gasteiger partial charge in [-0.15, -0.1) is 0 Å². The van der Waals surface area contributed by atoms with E-state index in [2.05, 4.69) is 14.6 Å². The second kappa shape index (κ2) is 8.10. The molecule has 3 aliphatic rings. The molecule has 1 N–H and O–H groups in total. The Morgan fingerprint density at radius 2 is 1.84 bits per heavy atom.